The van der Waals surface area contributed by atoms with Gasteiger partial charge in [-0.3, -0.25) is 9.79 Å². The summed E-state index contributed by atoms with van der Waals surface area (Å²) in [5.41, 5.74) is 2.83. The Morgan fingerprint density at radius 3 is 2.44 bits per heavy atom. The molecule has 3 heteroatoms. The largest absolute Gasteiger partial charge is 0.481 e. The van der Waals surface area contributed by atoms with Crippen molar-refractivity contribution in [2.24, 2.45) is 4.99 Å². The van der Waals surface area contributed by atoms with E-state index < -0.39 is 5.97 Å². The number of carboxylic acids is 1. The minimum atomic E-state index is -0.806. The fourth-order valence-corrected chi connectivity index (χ4v) is 2.00. The van der Waals surface area contributed by atoms with Gasteiger partial charge in [0.1, 0.15) is 0 Å². The van der Waals surface area contributed by atoms with Crippen LogP contribution in [0.4, 0.5) is 5.69 Å². The number of aliphatic carboxylic acids is 1. The first kappa shape index (κ1) is 14.4. The molecule has 1 aliphatic rings. The molecule has 1 aromatic rings. The highest BCUT2D eigenvalue weighted by atomic mass is 16.4. The maximum Gasteiger partial charge on any atom is 0.307 e. The zero-order valence-electron chi connectivity index (χ0n) is 11.1. The van der Waals surface area contributed by atoms with Gasteiger partial charge in [0.05, 0.1) is 12.1 Å². The molecule has 1 fully saturated rings. The minimum absolute atomic E-state index is 0.0486. The molecule has 0 radical (unpaired) electrons. The average Bonchev–Trinajstić information content (AvgIpc) is 2.86. The number of rotatable bonds is 3. The van der Waals surface area contributed by atoms with Crippen LogP contribution in [0.25, 0.3) is 0 Å². The Morgan fingerprint density at radius 2 is 1.83 bits per heavy atom. The lowest BCUT2D eigenvalue weighted by Crippen LogP contribution is -2.00. The first-order chi connectivity index (χ1) is 8.75. The van der Waals surface area contributed by atoms with Gasteiger partial charge in [-0.25, -0.2) is 0 Å². The molecule has 0 spiro atoms. The molecule has 1 N–H and O–H groups in total. The van der Waals surface area contributed by atoms with Crippen LogP contribution in [0.3, 0.4) is 0 Å². The van der Waals surface area contributed by atoms with Crippen molar-refractivity contribution in [3.05, 3.63) is 29.8 Å². The molecule has 1 aliphatic carbocycles. The second kappa shape index (κ2) is 7.64. The van der Waals surface area contributed by atoms with Gasteiger partial charge in [0, 0.05) is 5.71 Å². The molecule has 0 unspecified atom stereocenters. The van der Waals surface area contributed by atoms with E-state index in [9.17, 15) is 4.79 Å². The van der Waals surface area contributed by atoms with E-state index in [4.69, 9.17) is 5.11 Å². The number of hydrogen-bond donors (Lipinski definition) is 1. The summed E-state index contributed by atoms with van der Waals surface area (Å²) >= 11 is 0. The van der Waals surface area contributed by atoms with Crippen molar-refractivity contribution < 1.29 is 9.90 Å². The summed E-state index contributed by atoms with van der Waals surface area (Å²) in [5.74, 6) is -0.806. The Labute approximate surface area is 109 Å². The van der Waals surface area contributed by atoms with Gasteiger partial charge in [-0.15, -0.1) is 0 Å². The zero-order valence-corrected chi connectivity index (χ0v) is 11.1. The highest BCUT2D eigenvalue weighted by molar-refractivity contribution is 5.89. The van der Waals surface area contributed by atoms with Gasteiger partial charge in [0.25, 0.3) is 0 Å². The molecule has 3 nitrogen and oxygen atoms in total. The Morgan fingerprint density at radius 1 is 1.22 bits per heavy atom. The molecule has 0 aromatic heterocycles. The van der Waals surface area contributed by atoms with Gasteiger partial charge < -0.3 is 5.11 Å². The highest BCUT2D eigenvalue weighted by Gasteiger charge is 2.10. The maximum atomic E-state index is 10.7. The highest BCUT2D eigenvalue weighted by Crippen LogP contribution is 2.24. The molecule has 0 amide bonds. The number of benzene rings is 1. The molecule has 0 saturated heterocycles. The fraction of sp³-hybridized carbons (Fsp3) is 0.467. The molecule has 0 atom stereocenters. The summed E-state index contributed by atoms with van der Waals surface area (Å²) in [6.45, 7) is 4.00. The van der Waals surface area contributed by atoms with Gasteiger partial charge in [0.2, 0.25) is 0 Å². The summed E-state index contributed by atoms with van der Waals surface area (Å²) in [7, 11) is 0. The van der Waals surface area contributed by atoms with Crippen molar-refractivity contribution in [3.8, 4) is 0 Å². The second-order valence-corrected chi connectivity index (χ2v) is 4.08. The quantitative estimate of drug-likeness (QED) is 0.878. The van der Waals surface area contributed by atoms with Crippen LogP contribution in [-0.4, -0.2) is 16.8 Å². The lowest BCUT2D eigenvalue weighted by molar-refractivity contribution is -0.136. The number of aliphatic imine (C=N–C) groups is 1. The first-order valence-electron chi connectivity index (χ1n) is 6.62. The summed E-state index contributed by atoms with van der Waals surface area (Å²) in [5, 5.41) is 8.80. The lowest BCUT2D eigenvalue weighted by Gasteiger charge is -2.03. The van der Waals surface area contributed by atoms with E-state index in [1.54, 1.807) is 0 Å². The summed E-state index contributed by atoms with van der Waals surface area (Å²) in [6.07, 6.45) is 4.58. The summed E-state index contributed by atoms with van der Waals surface area (Å²) < 4.78 is 0. The Hall–Kier alpha value is -1.64. The molecular weight excluding hydrogens is 226 g/mol. The molecule has 0 heterocycles. The van der Waals surface area contributed by atoms with Crippen LogP contribution in [0.1, 0.15) is 45.1 Å². The summed E-state index contributed by atoms with van der Waals surface area (Å²) in [4.78, 5) is 15.3. The minimum Gasteiger partial charge on any atom is -0.481 e. The van der Waals surface area contributed by atoms with Crippen molar-refractivity contribution in [1.82, 2.24) is 0 Å². The topological polar surface area (TPSA) is 49.7 Å². The molecule has 0 bridgehead atoms. The van der Waals surface area contributed by atoms with E-state index in [-0.39, 0.29) is 6.42 Å². The zero-order chi connectivity index (χ0) is 13.4. The van der Waals surface area contributed by atoms with E-state index in [1.165, 1.54) is 18.6 Å². The predicted molar refractivity (Wildman–Crippen MR) is 74.7 cm³/mol. The Bertz CT molecular complexity index is 416. The van der Waals surface area contributed by atoms with Gasteiger partial charge in [-0.05, 0) is 37.3 Å². The van der Waals surface area contributed by atoms with Crippen LogP contribution in [0, 0.1) is 0 Å². The average molecular weight is 247 g/mol. The van der Waals surface area contributed by atoms with Crippen molar-refractivity contribution in [3.63, 3.8) is 0 Å². The van der Waals surface area contributed by atoms with Crippen LogP contribution in [0.15, 0.2) is 29.3 Å². The van der Waals surface area contributed by atoms with E-state index >= 15 is 0 Å². The summed E-state index contributed by atoms with van der Waals surface area (Å²) in [6, 6.07) is 7.49. The van der Waals surface area contributed by atoms with Gasteiger partial charge >= 0.3 is 5.97 Å². The lowest BCUT2D eigenvalue weighted by atomic mass is 10.1. The predicted octanol–water partition coefficient (Wildman–Crippen LogP) is 3.99. The third kappa shape index (κ3) is 4.32. The van der Waals surface area contributed by atoms with Crippen molar-refractivity contribution in [2.75, 3.05) is 0 Å². The Balaban J connectivity index is 0.000000771. The molecule has 1 saturated carbocycles. The van der Waals surface area contributed by atoms with E-state index in [1.807, 2.05) is 38.1 Å². The Kier molecular flexibility index (Phi) is 6.12. The monoisotopic (exact) mass is 247 g/mol. The number of para-hydroxylation sites is 1. The van der Waals surface area contributed by atoms with Crippen LogP contribution in [-0.2, 0) is 11.2 Å². The number of nitrogens with zero attached hydrogens (tertiary/aromatic N) is 1. The van der Waals surface area contributed by atoms with Crippen LogP contribution in [0.2, 0.25) is 0 Å². The third-order valence-electron chi connectivity index (χ3n) is 2.79. The molecule has 18 heavy (non-hydrogen) atoms. The maximum absolute atomic E-state index is 10.7. The number of hydrogen-bond acceptors (Lipinski definition) is 2. The van der Waals surface area contributed by atoms with Gasteiger partial charge in [-0.2, -0.15) is 0 Å². The van der Waals surface area contributed by atoms with Crippen molar-refractivity contribution in [2.45, 2.75) is 46.0 Å². The fourth-order valence-electron chi connectivity index (χ4n) is 2.00. The van der Waals surface area contributed by atoms with Crippen molar-refractivity contribution in [1.29, 1.82) is 0 Å². The molecule has 0 aliphatic heterocycles. The molecular formula is C15H21NO2. The first-order valence-corrected chi connectivity index (χ1v) is 6.62. The molecule has 2 rings (SSSR count). The number of carboxylic acid groups (broad SMARTS) is 1. The number of carbonyl (C=O) groups is 1. The molecule has 1 aromatic carbocycles. The van der Waals surface area contributed by atoms with Crippen molar-refractivity contribution >= 4 is 17.4 Å². The van der Waals surface area contributed by atoms with E-state index in [0.29, 0.717) is 0 Å². The van der Waals surface area contributed by atoms with Gasteiger partial charge in [-0.1, -0.05) is 32.0 Å². The van der Waals surface area contributed by atoms with Crippen LogP contribution in [0.5, 0.6) is 0 Å². The van der Waals surface area contributed by atoms with E-state index in [2.05, 4.69) is 4.99 Å². The normalized spacial score (nSPS) is 13.8. The SMILES string of the molecule is CC.O=C(O)Cc1ccccc1N=C1CCCC1. The standard InChI is InChI=1S/C13H15NO2.C2H6/c15-13(16)9-10-5-1-4-8-12(10)14-11-6-2-3-7-11;1-2/h1,4-5,8H,2-3,6-7,9H2,(H,15,16);1-2H3. The van der Waals surface area contributed by atoms with Gasteiger partial charge in [0.15, 0.2) is 0 Å². The smallest absolute Gasteiger partial charge is 0.307 e. The van der Waals surface area contributed by atoms with Crippen LogP contribution < -0.4 is 0 Å². The third-order valence-corrected chi connectivity index (χ3v) is 2.79. The second-order valence-electron chi connectivity index (χ2n) is 4.08. The van der Waals surface area contributed by atoms with E-state index in [0.717, 1.165) is 24.1 Å². The molecule has 98 valence electrons. The van der Waals surface area contributed by atoms with Crippen LogP contribution >= 0.6 is 0 Å².